The van der Waals surface area contributed by atoms with Crippen LogP contribution in [0.15, 0.2) is 54.9 Å². The topological polar surface area (TPSA) is 59.5 Å². The summed E-state index contributed by atoms with van der Waals surface area (Å²) < 4.78 is 11.1. The van der Waals surface area contributed by atoms with Gasteiger partial charge in [0.05, 0.1) is 7.11 Å². The summed E-state index contributed by atoms with van der Waals surface area (Å²) in [4.78, 5) is 11.2. The number of rotatable bonds is 9. The molecule has 6 nitrogen and oxygen atoms in total. The van der Waals surface area contributed by atoms with Crippen LogP contribution in [-0.2, 0) is 0 Å². The Morgan fingerprint density at radius 2 is 1.72 bits per heavy atom. The van der Waals surface area contributed by atoms with Crippen LogP contribution < -0.4 is 14.8 Å². The van der Waals surface area contributed by atoms with Crippen LogP contribution in [0.2, 0.25) is 5.02 Å². The second kappa shape index (κ2) is 11.0. The van der Waals surface area contributed by atoms with E-state index < -0.39 is 0 Å². The summed E-state index contributed by atoms with van der Waals surface area (Å²) >= 11 is 6.24. The second-order valence-corrected chi connectivity index (χ2v) is 8.01. The first-order chi connectivity index (χ1) is 15.7. The van der Waals surface area contributed by atoms with E-state index in [0.29, 0.717) is 17.6 Å². The molecule has 0 aliphatic carbocycles. The zero-order chi connectivity index (χ0) is 22.2. The van der Waals surface area contributed by atoms with Gasteiger partial charge in [0, 0.05) is 35.2 Å². The molecule has 4 rings (SSSR count). The van der Waals surface area contributed by atoms with E-state index in [1.807, 2.05) is 54.6 Å². The molecule has 1 aromatic heterocycles. The minimum Gasteiger partial charge on any atom is -0.497 e. The molecular weight excluding hydrogens is 424 g/mol. The molecule has 7 heteroatoms. The number of hydrogen-bond donors (Lipinski definition) is 1. The average molecular weight is 451 g/mol. The molecule has 0 atom stereocenters. The van der Waals surface area contributed by atoms with E-state index in [2.05, 4.69) is 20.2 Å². The van der Waals surface area contributed by atoms with Crippen molar-refractivity contribution < 1.29 is 9.47 Å². The van der Waals surface area contributed by atoms with Gasteiger partial charge in [-0.25, -0.2) is 9.97 Å². The molecule has 1 aliphatic rings. The molecule has 2 aromatic carbocycles. The predicted octanol–water partition coefficient (Wildman–Crippen LogP) is 5.53. The Hall–Kier alpha value is -3.09. The van der Waals surface area contributed by atoms with Crippen LogP contribution in [0, 0.1) is 0 Å². The molecule has 0 bridgehead atoms. The van der Waals surface area contributed by atoms with Crippen LogP contribution in [-0.4, -0.2) is 48.2 Å². The summed E-state index contributed by atoms with van der Waals surface area (Å²) in [6, 6.07) is 13.4. The van der Waals surface area contributed by atoms with Crippen molar-refractivity contribution in [1.82, 2.24) is 14.9 Å². The van der Waals surface area contributed by atoms with Crippen LogP contribution in [0.3, 0.4) is 0 Å². The second-order valence-electron chi connectivity index (χ2n) is 7.61. The molecule has 0 spiro atoms. The number of nitrogens with zero attached hydrogens (tertiary/aromatic N) is 3. The molecule has 0 amide bonds. The minimum absolute atomic E-state index is 0.532. The number of methoxy groups -OCH3 is 1. The van der Waals surface area contributed by atoms with Gasteiger partial charge in [-0.15, -0.1) is 0 Å². The van der Waals surface area contributed by atoms with Gasteiger partial charge in [0.25, 0.3) is 0 Å². The fourth-order valence-electron chi connectivity index (χ4n) is 3.51. The fraction of sp³-hybridized carbons (Fsp3) is 0.280. The van der Waals surface area contributed by atoms with E-state index in [4.69, 9.17) is 21.1 Å². The highest BCUT2D eigenvalue weighted by atomic mass is 35.5. The van der Waals surface area contributed by atoms with Gasteiger partial charge < -0.3 is 14.8 Å². The maximum absolute atomic E-state index is 6.24. The van der Waals surface area contributed by atoms with Gasteiger partial charge in [-0.3, -0.25) is 4.90 Å². The van der Waals surface area contributed by atoms with Gasteiger partial charge in [-0.1, -0.05) is 23.8 Å². The largest absolute Gasteiger partial charge is 0.497 e. The van der Waals surface area contributed by atoms with Crippen molar-refractivity contribution in [2.24, 2.45) is 0 Å². The molecule has 1 saturated heterocycles. The van der Waals surface area contributed by atoms with Crippen molar-refractivity contribution in [2.75, 3.05) is 38.7 Å². The molecule has 0 unspecified atom stereocenters. The van der Waals surface area contributed by atoms with Crippen molar-refractivity contribution in [3.05, 3.63) is 71.0 Å². The van der Waals surface area contributed by atoms with E-state index in [1.165, 1.54) is 25.9 Å². The summed E-state index contributed by atoms with van der Waals surface area (Å²) in [6.07, 6.45) is 9.95. The van der Waals surface area contributed by atoms with Crippen molar-refractivity contribution >= 4 is 35.4 Å². The van der Waals surface area contributed by atoms with Gasteiger partial charge >= 0.3 is 0 Å². The lowest BCUT2D eigenvalue weighted by atomic mass is 10.1. The molecule has 0 saturated carbocycles. The van der Waals surface area contributed by atoms with Gasteiger partial charge in [0.1, 0.15) is 18.1 Å². The maximum atomic E-state index is 6.24. The molecule has 1 fully saturated rings. The summed E-state index contributed by atoms with van der Waals surface area (Å²) in [5.41, 5.74) is 2.65. The Balaban J connectivity index is 1.29. The van der Waals surface area contributed by atoms with Crippen LogP contribution in [0.5, 0.6) is 11.5 Å². The Morgan fingerprint density at radius 1 is 1.00 bits per heavy atom. The zero-order valence-corrected chi connectivity index (χ0v) is 18.9. The van der Waals surface area contributed by atoms with Crippen LogP contribution >= 0.6 is 11.6 Å². The Kier molecular flexibility index (Phi) is 7.59. The Bertz CT molecular complexity index is 1030. The van der Waals surface area contributed by atoms with Crippen molar-refractivity contribution in [3.8, 4) is 11.5 Å². The van der Waals surface area contributed by atoms with E-state index in [1.54, 1.807) is 19.5 Å². The first-order valence-electron chi connectivity index (χ1n) is 10.8. The number of likely N-dealkylation sites (tertiary alicyclic amines) is 1. The third-order valence-corrected chi connectivity index (χ3v) is 5.66. The molecule has 1 N–H and O–H groups in total. The lowest BCUT2D eigenvalue weighted by molar-refractivity contribution is 0.238. The van der Waals surface area contributed by atoms with Crippen LogP contribution in [0.1, 0.15) is 24.0 Å². The predicted molar refractivity (Wildman–Crippen MR) is 130 cm³/mol. The molecule has 166 valence electrons. The molecule has 32 heavy (non-hydrogen) atoms. The standard InChI is InChI=1S/C25H27ClN4O2/c1-31-23-10-11-24(26)20(16-23)5-4-19-17-27-25(28-18-19)29-21-6-8-22(9-7-21)32-15-14-30-12-2-3-13-30/h4-11,16-18H,2-3,12-15H2,1H3,(H,27,28,29). The van der Waals surface area contributed by atoms with Gasteiger partial charge in [-0.2, -0.15) is 0 Å². The van der Waals surface area contributed by atoms with Crippen LogP contribution in [0.25, 0.3) is 12.2 Å². The SMILES string of the molecule is COc1ccc(Cl)c(C=Cc2cnc(Nc3ccc(OCCN4CCCC4)cc3)nc2)c1. The monoisotopic (exact) mass is 450 g/mol. The zero-order valence-electron chi connectivity index (χ0n) is 18.1. The van der Waals surface area contributed by atoms with Gasteiger partial charge in [-0.05, 0) is 74.0 Å². The molecule has 3 aromatic rings. The lowest BCUT2D eigenvalue weighted by Gasteiger charge is -2.15. The highest BCUT2D eigenvalue weighted by Gasteiger charge is 2.10. The smallest absolute Gasteiger partial charge is 0.227 e. The highest BCUT2D eigenvalue weighted by Crippen LogP contribution is 2.24. The third-order valence-electron chi connectivity index (χ3n) is 5.32. The molecular formula is C25H27ClN4O2. The summed E-state index contributed by atoms with van der Waals surface area (Å²) in [7, 11) is 1.63. The number of nitrogens with one attached hydrogen (secondary N) is 1. The lowest BCUT2D eigenvalue weighted by Crippen LogP contribution is -2.25. The molecule has 0 radical (unpaired) electrons. The summed E-state index contributed by atoms with van der Waals surface area (Å²) in [5, 5.41) is 3.87. The van der Waals surface area contributed by atoms with Crippen molar-refractivity contribution in [2.45, 2.75) is 12.8 Å². The van der Waals surface area contributed by atoms with Crippen LogP contribution in [0.4, 0.5) is 11.6 Å². The Labute approximate surface area is 193 Å². The first-order valence-corrected chi connectivity index (χ1v) is 11.1. The number of aromatic nitrogens is 2. The summed E-state index contributed by atoms with van der Waals surface area (Å²) in [5.74, 6) is 2.16. The average Bonchev–Trinajstić information content (AvgIpc) is 3.34. The van der Waals surface area contributed by atoms with Crippen molar-refractivity contribution in [1.29, 1.82) is 0 Å². The Morgan fingerprint density at radius 3 is 2.44 bits per heavy atom. The van der Waals surface area contributed by atoms with E-state index in [-0.39, 0.29) is 0 Å². The number of benzene rings is 2. The minimum atomic E-state index is 0.532. The number of halogens is 1. The maximum Gasteiger partial charge on any atom is 0.227 e. The number of anilines is 2. The van der Waals surface area contributed by atoms with Gasteiger partial charge in [0.15, 0.2) is 0 Å². The van der Waals surface area contributed by atoms with E-state index >= 15 is 0 Å². The summed E-state index contributed by atoms with van der Waals surface area (Å²) in [6.45, 7) is 4.08. The quantitative estimate of drug-likeness (QED) is 0.462. The van der Waals surface area contributed by atoms with E-state index in [0.717, 1.165) is 34.9 Å². The fourth-order valence-corrected chi connectivity index (χ4v) is 3.69. The first kappa shape index (κ1) is 22.1. The number of hydrogen-bond acceptors (Lipinski definition) is 6. The van der Waals surface area contributed by atoms with Gasteiger partial charge in [0.2, 0.25) is 5.95 Å². The normalized spacial score (nSPS) is 14.1. The van der Waals surface area contributed by atoms with E-state index in [9.17, 15) is 0 Å². The highest BCUT2D eigenvalue weighted by molar-refractivity contribution is 6.32. The van der Waals surface area contributed by atoms with Crippen molar-refractivity contribution in [3.63, 3.8) is 0 Å². The number of ether oxygens (including phenoxy) is 2. The molecule has 1 aliphatic heterocycles. The third kappa shape index (κ3) is 6.22. The molecule has 2 heterocycles.